The minimum absolute atomic E-state index is 0.0434. The molecule has 0 spiro atoms. The van der Waals surface area contributed by atoms with E-state index in [1.807, 2.05) is 25.1 Å². The Morgan fingerprint density at radius 2 is 1.88 bits per heavy atom. The number of amides is 2. The van der Waals surface area contributed by atoms with Gasteiger partial charge < -0.3 is 19.9 Å². The first-order valence-corrected chi connectivity index (χ1v) is 11.0. The average Bonchev–Trinajstić information content (AvgIpc) is 3.07. The molecule has 2 aromatic carbocycles. The van der Waals surface area contributed by atoms with Crippen molar-refractivity contribution in [1.29, 1.82) is 0 Å². The lowest BCUT2D eigenvalue weighted by molar-refractivity contribution is -0.120. The number of carbonyl (C=O) groups is 2. The summed E-state index contributed by atoms with van der Waals surface area (Å²) < 4.78 is 12.6. The molecule has 4 rings (SSSR count). The molecule has 1 fully saturated rings. The first kappa shape index (κ1) is 23.4. The fraction of sp³-hybridized carbons (Fsp3) is 0.333. The number of hydrogen-bond acceptors (Lipinski definition) is 7. The SMILES string of the molecule is CC(=O)Nc1ccc(OCC(=O)N=Nc2c(O)n(CN3CCOCC3)c3ccc(C)cc23)cc1. The Kier molecular flexibility index (Phi) is 7.19. The van der Waals surface area contributed by atoms with E-state index in [9.17, 15) is 14.7 Å². The van der Waals surface area contributed by atoms with E-state index in [1.54, 1.807) is 28.8 Å². The summed E-state index contributed by atoms with van der Waals surface area (Å²) in [5, 5.41) is 22.1. The molecule has 3 aromatic rings. The van der Waals surface area contributed by atoms with Gasteiger partial charge in [0.15, 0.2) is 12.3 Å². The van der Waals surface area contributed by atoms with Crippen molar-refractivity contribution in [3.8, 4) is 11.6 Å². The fourth-order valence-corrected chi connectivity index (χ4v) is 3.74. The summed E-state index contributed by atoms with van der Waals surface area (Å²) >= 11 is 0. The number of hydrogen-bond donors (Lipinski definition) is 2. The zero-order valence-corrected chi connectivity index (χ0v) is 19.2. The van der Waals surface area contributed by atoms with Crippen LogP contribution in [0.3, 0.4) is 0 Å². The number of aromatic nitrogens is 1. The molecule has 2 heterocycles. The topological polar surface area (TPSA) is 118 Å². The molecule has 0 aliphatic carbocycles. The highest BCUT2D eigenvalue weighted by Crippen LogP contribution is 2.39. The number of aromatic hydroxyl groups is 1. The smallest absolute Gasteiger partial charge is 0.302 e. The van der Waals surface area contributed by atoms with Gasteiger partial charge in [0.2, 0.25) is 11.8 Å². The zero-order valence-electron chi connectivity index (χ0n) is 19.2. The van der Waals surface area contributed by atoms with Crippen molar-refractivity contribution in [2.75, 3.05) is 38.2 Å². The van der Waals surface area contributed by atoms with Crippen molar-refractivity contribution in [2.45, 2.75) is 20.5 Å². The van der Waals surface area contributed by atoms with E-state index in [-0.39, 0.29) is 24.1 Å². The van der Waals surface area contributed by atoms with Gasteiger partial charge in [-0.3, -0.25) is 19.1 Å². The first-order valence-electron chi connectivity index (χ1n) is 11.0. The van der Waals surface area contributed by atoms with E-state index < -0.39 is 5.91 Å². The van der Waals surface area contributed by atoms with Crippen LogP contribution in [-0.4, -0.2) is 59.3 Å². The lowest BCUT2D eigenvalue weighted by Gasteiger charge is -2.27. The third-order valence-electron chi connectivity index (χ3n) is 5.41. The van der Waals surface area contributed by atoms with Gasteiger partial charge in [-0.15, -0.1) is 10.2 Å². The second-order valence-corrected chi connectivity index (χ2v) is 8.08. The summed E-state index contributed by atoms with van der Waals surface area (Å²) in [6.45, 7) is 6.38. The largest absolute Gasteiger partial charge is 0.493 e. The summed E-state index contributed by atoms with van der Waals surface area (Å²) in [5.41, 5.74) is 2.70. The second kappa shape index (κ2) is 10.4. The number of ether oxygens (including phenoxy) is 2. The Morgan fingerprint density at radius 3 is 2.59 bits per heavy atom. The molecule has 10 nitrogen and oxygen atoms in total. The van der Waals surface area contributed by atoms with E-state index in [4.69, 9.17) is 9.47 Å². The van der Waals surface area contributed by atoms with Crippen molar-refractivity contribution >= 4 is 34.1 Å². The molecular formula is C24H27N5O5. The lowest BCUT2D eigenvalue weighted by atomic mass is 10.1. The first-order chi connectivity index (χ1) is 16.4. The molecule has 0 saturated carbocycles. The van der Waals surface area contributed by atoms with Crippen LogP contribution in [0.25, 0.3) is 10.9 Å². The summed E-state index contributed by atoms with van der Waals surface area (Å²) in [5.74, 6) is -0.350. The molecule has 0 radical (unpaired) electrons. The minimum atomic E-state index is -0.591. The Bertz CT molecular complexity index is 1210. The highest BCUT2D eigenvalue weighted by molar-refractivity contribution is 5.95. The number of rotatable bonds is 7. The molecule has 1 aliphatic rings. The Labute approximate surface area is 196 Å². The summed E-state index contributed by atoms with van der Waals surface area (Å²) in [7, 11) is 0. The maximum Gasteiger partial charge on any atom is 0.302 e. The third-order valence-corrected chi connectivity index (χ3v) is 5.41. The van der Waals surface area contributed by atoms with Gasteiger partial charge in [-0.25, -0.2) is 0 Å². The standard InChI is InChI=1S/C24H27N5O5/c1-16-3-8-21-20(13-16)23(24(32)29(21)15-28-9-11-33-12-10-28)27-26-22(31)14-34-19-6-4-18(5-7-19)25-17(2)30/h3-8,13,32H,9-12,14-15H2,1-2H3,(H,25,30). The van der Waals surface area contributed by atoms with Crippen LogP contribution in [0.1, 0.15) is 12.5 Å². The van der Waals surface area contributed by atoms with Gasteiger partial charge in [0, 0.05) is 31.1 Å². The average molecular weight is 466 g/mol. The van der Waals surface area contributed by atoms with Crippen LogP contribution in [0.15, 0.2) is 52.7 Å². The monoisotopic (exact) mass is 465 g/mol. The number of fused-ring (bicyclic) bond motifs is 1. The fourth-order valence-electron chi connectivity index (χ4n) is 3.74. The van der Waals surface area contributed by atoms with Crippen LogP contribution >= 0.6 is 0 Å². The van der Waals surface area contributed by atoms with Gasteiger partial charge >= 0.3 is 5.91 Å². The van der Waals surface area contributed by atoms with Crippen LogP contribution < -0.4 is 10.1 Å². The van der Waals surface area contributed by atoms with Gasteiger partial charge in [-0.2, -0.15) is 0 Å². The summed E-state index contributed by atoms with van der Waals surface area (Å²) in [6, 6.07) is 12.4. The number of carbonyl (C=O) groups excluding carboxylic acids is 2. The Hall–Kier alpha value is -3.76. The molecule has 0 bridgehead atoms. The van der Waals surface area contributed by atoms with E-state index in [0.29, 0.717) is 31.3 Å². The Balaban J connectivity index is 1.47. The van der Waals surface area contributed by atoms with Crippen LogP contribution in [0.5, 0.6) is 11.6 Å². The second-order valence-electron chi connectivity index (χ2n) is 8.08. The van der Waals surface area contributed by atoms with Crippen molar-refractivity contribution in [2.24, 2.45) is 10.2 Å². The van der Waals surface area contributed by atoms with Gasteiger partial charge in [-0.05, 0) is 43.3 Å². The number of nitrogens with one attached hydrogen (secondary N) is 1. The number of anilines is 1. The van der Waals surface area contributed by atoms with Crippen LogP contribution in [0.2, 0.25) is 0 Å². The summed E-state index contributed by atoms with van der Waals surface area (Å²) in [4.78, 5) is 25.6. The van der Waals surface area contributed by atoms with Crippen molar-refractivity contribution in [3.05, 3.63) is 48.0 Å². The molecule has 1 aliphatic heterocycles. The van der Waals surface area contributed by atoms with Gasteiger partial charge in [-0.1, -0.05) is 11.6 Å². The number of morpholine rings is 1. The minimum Gasteiger partial charge on any atom is -0.493 e. The molecule has 1 saturated heterocycles. The highest BCUT2D eigenvalue weighted by atomic mass is 16.5. The van der Waals surface area contributed by atoms with E-state index in [1.165, 1.54) is 6.92 Å². The predicted molar refractivity (Wildman–Crippen MR) is 126 cm³/mol. The number of nitrogens with zero attached hydrogens (tertiary/aromatic N) is 4. The molecule has 34 heavy (non-hydrogen) atoms. The van der Waals surface area contributed by atoms with E-state index in [0.717, 1.165) is 29.6 Å². The van der Waals surface area contributed by atoms with Gasteiger partial charge in [0.05, 0.1) is 25.4 Å². The van der Waals surface area contributed by atoms with E-state index in [2.05, 4.69) is 20.4 Å². The maximum absolute atomic E-state index is 12.3. The molecule has 0 unspecified atom stereocenters. The highest BCUT2D eigenvalue weighted by Gasteiger charge is 2.20. The quantitative estimate of drug-likeness (QED) is 0.515. The molecule has 1 aromatic heterocycles. The van der Waals surface area contributed by atoms with Gasteiger partial charge in [0.25, 0.3) is 0 Å². The molecule has 178 valence electrons. The number of azo groups is 1. The molecule has 0 atom stereocenters. The van der Waals surface area contributed by atoms with Crippen LogP contribution in [0.4, 0.5) is 11.4 Å². The summed E-state index contributed by atoms with van der Waals surface area (Å²) in [6.07, 6.45) is 0. The molecular weight excluding hydrogens is 438 g/mol. The van der Waals surface area contributed by atoms with Crippen molar-refractivity contribution in [1.82, 2.24) is 9.47 Å². The van der Waals surface area contributed by atoms with Crippen molar-refractivity contribution < 1.29 is 24.2 Å². The van der Waals surface area contributed by atoms with Crippen molar-refractivity contribution in [3.63, 3.8) is 0 Å². The van der Waals surface area contributed by atoms with Crippen LogP contribution in [-0.2, 0) is 21.0 Å². The molecule has 2 N–H and O–H groups in total. The Morgan fingerprint density at radius 1 is 1.15 bits per heavy atom. The number of aryl methyl sites for hydroxylation is 1. The van der Waals surface area contributed by atoms with Gasteiger partial charge in [0.1, 0.15) is 5.75 Å². The van der Waals surface area contributed by atoms with E-state index >= 15 is 0 Å². The molecule has 10 heteroatoms. The zero-order chi connectivity index (χ0) is 24.1. The predicted octanol–water partition coefficient (Wildman–Crippen LogP) is 3.59. The maximum atomic E-state index is 12.3. The third kappa shape index (κ3) is 5.59. The number of benzene rings is 2. The lowest BCUT2D eigenvalue weighted by Crippen LogP contribution is -2.37. The van der Waals surface area contributed by atoms with Crippen LogP contribution in [0, 0.1) is 6.92 Å². The normalized spacial score (nSPS) is 14.5. The molecule has 2 amide bonds.